The van der Waals surface area contributed by atoms with Crippen molar-refractivity contribution in [2.45, 2.75) is 37.3 Å². The predicted molar refractivity (Wildman–Crippen MR) is 83.6 cm³/mol. The van der Waals surface area contributed by atoms with Crippen LogP contribution in [0.3, 0.4) is 0 Å². The van der Waals surface area contributed by atoms with E-state index in [1.165, 1.54) is 25.0 Å². The summed E-state index contributed by atoms with van der Waals surface area (Å²) in [4.78, 5) is 0. The highest BCUT2D eigenvalue weighted by Gasteiger charge is 2.27. The van der Waals surface area contributed by atoms with Gasteiger partial charge in [-0.25, -0.2) is 4.39 Å². The zero-order valence-electron chi connectivity index (χ0n) is 12.4. The van der Waals surface area contributed by atoms with E-state index in [0.29, 0.717) is 18.9 Å². The number of nitrogens with one attached hydrogen (secondary N) is 2. The van der Waals surface area contributed by atoms with Crippen molar-refractivity contribution in [3.63, 3.8) is 0 Å². The molecule has 2 rings (SSSR count). The predicted octanol–water partition coefficient (Wildman–Crippen LogP) is 2.32. The highest BCUT2D eigenvalue weighted by Crippen LogP contribution is 2.29. The van der Waals surface area contributed by atoms with E-state index in [4.69, 9.17) is 0 Å². The molecule has 2 atom stereocenters. The van der Waals surface area contributed by atoms with Crippen LogP contribution >= 0.6 is 0 Å². The standard InChI is InChI=1S/C17H25FN2O/c1-2-9-17(21,14-5-7-15(18)8-6-14)10-12-20-16-4-3-11-19-13-16/h2,5-8,16,19-21H,1,3-4,9-13H2/t16-,17?/m0/s1. The van der Waals surface area contributed by atoms with Crippen molar-refractivity contribution in [1.29, 1.82) is 0 Å². The lowest BCUT2D eigenvalue weighted by Gasteiger charge is -2.30. The minimum absolute atomic E-state index is 0.286. The zero-order valence-corrected chi connectivity index (χ0v) is 12.4. The molecule has 1 heterocycles. The normalized spacial score (nSPS) is 21.7. The van der Waals surface area contributed by atoms with Crippen LogP contribution in [0, 0.1) is 5.82 Å². The number of rotatable bonds is 7. The largest absolute Gasteiger partial charge is 0.385 e. The number of piperidine rings is 1. The van der Waals surface area contributed by atoms with Crippen LogP contribution in [0.1, 0.15) is 31.2 Å². The fourth-order valence-electron chi connectivity index (χ4n) is 2.87. The van der Waals surface area contributed by atoms with Gasteiger partial charge in [0.1, 0.15) is 5.82 Å². The van der Waals surface area contributed by atoms with Crippen molar-refractivity contribution in [3.8, 4) is 0 Å². The Morgan fingerprint density at radius 2 is 2.19 bits per heavy atom. The van der Waals surface area contributed by atoms with Gasteiger partial charge in [-0.15, -0.1) is 6.58 Å². The van der Waals surface area contributed by atoms with Gasteiger partial charge in [-0.3, -0.25) is 0 Å². The first-order valence-electron chi connectivity index (χ1n) is 7.67. The van der Waals surface area contributed by atoms with Crippen LogP contribution in [-0.2, 0) is 5.60 Å². The van der Waals surface area contributed by atoms with Crippen molar-refractivity contribution >= 4 is 0 Å². The van der Waals surface area contributed by atoms with E-state index in [2.05, 4.69) is 17.2 Å². The lowest BCUT2D eigenvalue weighted by atomic mass is 9.87. The second-order valence-electron chi connectivity index (χ2n) is 5.78. The number of halogens is 1. The van der Waals surface area contributed by atoms with Crippen molar-refractivity contribution < 1.29 is 9.50 Å². The van der Waals surface area contributed by atoms with Gasteiger partial charge < -0.3 is 15.7 Å². The molecule has 0 aromatic heterocycles. The van der Waals surface area contributed by atoms with Crippen molar-refractivity contribution in [2.75, 3.05) is 19.6 Å². The molecule has 1 aliphatic rings. The van der Waals surface area contributed by atoms with Gasteiger partial charge in [0.15, 0.2) is 0 Å². The van der Waals surface area contributed by atoms with Crippen LogP contribution in [0.5, 0.6) is 0 Å². The third-order valence-electron chi connectivity index (χ3n) is 4.13. The quantitative estimate of drug-likeness (QED) is 0.676. The van der Waals surface area contributed by atoms with Crippen molar-refractivity contribution in [3.05, 3.63) is 48.3 Å². The second-order valence-corrected chi connectivity index (χ2v) is 5.78. The molecule has 1 aliphatic heterocycles. The number of aliphatic hydroxyl groups is 1. The summed E-state index contributed by atoms with van der Waals surface area (Å²) in [7, 11) is 0. The first-order chi connectivity index (χ1) is 10.1. The van der Waals surface area contributed by atoms with Crippen LogP contribution in [-0.4, -0.2) is 30.8 Å². The minimum Gasteiger partial charge on any atom is -0.385 e. The molecular weight excluding hydrogens is 267 g/mol. The highest BCUT2D eigenvalue weighted by molar-refractivity contribution is 5.24. The molecule has 116 valence electrons. The Morgan fingerprint density at radius 3 is 2.81 bits per heavy atom. The lowest BCUT2D eigenvalue weighted by Crippen LogP contribution is -2.44. The van der Waals surface area contributed by atoms with E-state index < -0.39 is 5.60 Å². The molecule has 1 fully saturated rings. The fraction of sp³-hybridized carbons (Fsp3) is 0.529. The molecule has 1 aromatic rings. The Kier molecular flexibility index (Phi) is 5.91. The molecule has 1 saturated heterocycles. The molecule has 0 spiro atoms. The van der Waals surface area contributed by atoms with E-state index in [-0.39, 0.29) is 5.82 Å². The summed E-state index contributed by atoms with van der Waals surface area (Å²) in [5.74, 6) is -0.286. The van der Waals surface area contributed by atoms with Gasteiger partial charge in [0.25, 0.3) is 0 Å². The average molecular weight is 292 g/mol. The van der Waals surface area contributed by atoms with Gasteiger partial charge >= 0.3 is 0 Å². The molecule has 0 amide bonds. The van der Waals surface area contributed by atoms with Gasteiger partial charge in [0, 0.05) is 12.6 Å². The summed E-state index contributed by atoms with van der Waals surface area (Å²) < 4.78 is 13.0. The van der Waals surface area contributed by atoms with Gasteiger partial charge in [0.05, 0.1) is 5.60 Å². The molecule has 0 bridgehead atoms. The molecule has 0 aliphatic carbocycles. The highest BCUT2D eigenvalue weighted by atomic mass is 19.1. The number of benzene rings is 1. The van der Waals surface area contributed by atoms with E-state index in [1.807, 2.05) is 0 Å². The van der Waals surface area contributed by atoms with Crippen LogP contribution in [0.15, 0.2) is 36.9 Å². The molecule has 3 N–H and O–H groups in total. The molecule has 21 heavy (non-hydrogen) atoms. The maximum atomic E-state index is 13.0. The number of hydrogen-bond donors (Lipinski definition) is 3. The van der Waals surface area contributed by atoms with Gasteiger partial charge in [0.2, 0.25) is 0 Å². The van der Waals surface area contributed by atoms with E-state index in [9.17, 15) is 9.50 Å². The molecule has 1 aromatic carbocycles. The third kappa shape index (κ3) is 4.63. The number of hydrogen-bond acceptors (Lipinski definition) is 3. The summed E-state index contributed by atoms with van der Waals surface area (Å²) in [5, 5.41) is 17.7. The second kappa shape index (κ2) is 7.69. The Morgan fingerprint density at radius 1 is 1.43 bits per heavy atom. The summed E-state index contributed by atoms with van der Waals surface area (Å²) in [6, 6.07) is 6.56. The van der Waals surface area contributed by atoms with Crippen LogP contribution in [0.2, 0.25) is 0 Å². The maximum Gasteiger partial charge on any atom is 0.123 e. The smallest absolute Gasteiger partial charge is 0.123 e. The molecule has 1 unspecified atom stereocenters. The molecule has 4 heteroatoms. The summed E-state index contributed by atoms with van der Waals surface area (Å²) in [5.41, 5.74) is -0.239. The van der Waals surface area contributed by atoms with E-state index in [0.717, 1.165) is 25.2 Å². The zero-order chi connectivity index (χ0) is 15.1. The average Bonchev–Trinajstić information content (AvgIpc) is 2.49. The molecule has 0 radical (unpaired) electrons. The SMILES string of the molecule is C=CCC(O)(CCN[C@H]1CCCNC1)c1ccc(F)cc1. The van der Waals surface area contributed by atoms with Gasteiger partial charge in [-0.1, -0.05) is 18.2 Å². The molecule has 0 saturated carbocycles. The first-order valence-corrected chi connectivity index (χ1v) is 7.67. The van der Waals surface area contributed by atoms with Crippen LogP contribution in [0.25, 0.3) is 0 Å². The third-order valence-corrected chi connectivity index (χ3v) is 4.13. The minimum atomic E-state index is -0.982. The summed E-state index contributed by atoms with van der Waals surface area (Å²) in [6.07, 6.45) is 5.12. The van der Waals surface area contributed by atoms with Gasteiger partial charge in [-0.2, -0.15) is 0 Å². The van der Waals surface area contributed by atoms with Crippen LogP contribution in [0.4, 0.5) is 4.39 Å². The summed E-state index contributed by atoms with van der Waals surface area (Å²) in [6.45, 7) is 6.53. The van der Waals surface area contributed by atoms with E-state index in [1.54, 1.807) is 18.2 Å². The molecular formula is C17H25FN2O. The first kappa shape index (κ1) is 16.1. The lowest BCUT2D eigenvalue weighted by molar-refractivity contribution is 0.0299. The summed E-state index contributed by atoms with van der Waals surface area (Å²) >= 11 is 0. The monoisotopic (exact) mass is 292 g/mol. The van der Waals surface area contributed by atoms with Crippen molar-refractivity contribution in [1.82, 2.24) is 10.6 Å². The van der Waals surface area contributed by atoms with Crippen molar-refractivity contribution in [2.24, 2.45) is 0 Å². The Balaban J connectivity index is 1.93. The Labute approximate surface area is 126 Å². The van der Waals surface area contributed by atoms with Gasteiger partial charge in [-0.05, 0) is 56.5 Å². The van der Waals surface area contributed by atoms with Crippen LogP contribution < -0.4 is 10.6 Å². The Hall–Kier alpha value is -1.23. The van der Waals surface area contributed by atoms with E-state index >= 15 is 0 Å². The Bertz CT molecular complexity index is 443. The fourth-order valence-corrected chi connectivity index (χ4v) is 2.87. The topological polar surface area (TPSA) is 44.3 Å². The maximum absolute atomic E-state index is 13.0. The molecule has 3 nitrogen and oxygen atoms in total.